The third-order valence-corrected chi connectivity index (χ3v) is 4.81. The van der Waals surface area contributed by atoms with Crippen molar-refractivity contribution in [2.75, 3.05) is 6.61 Å². The largest absolute Gasteiger partial charge is 0.494 e. The molecule has 0 aliphatic heterocycles. The molecule has 0 bridgehead atoms. The molecule has 0 fully saturated rings. The Bertz CT molecular complexity index is 989. The van der Waals surface area contributed by atoms with Gasteiger partial charge in [-0.15, -0.1) is 0 Å². The number of halogens is 1. The van der Waals surface area contributed by atoms with Gasteiger partial charge in [-0.25, -0.2) is 5.43 Å². The van der Waals surface area contributed by atoms with Gasteiger partial charge in [-0.05, 0) is 69.9 Å². The van der Waals surface area contributed by atoms with Crippen molar-refractivity contribution in [1.29, 1.82) is 0 Å². The summed E-state index contributed by atoms with van der Waals surface area (Å²) in [5.74, 6) is 1.36. The maximum atomic E-state index is 12.1. The van der Waals surface area contributed by atoms with E-state index in [1.54, 1.807) is 6.21 Å². The lowest BCUT2D eigenvalue weighted by Crippen LogP contribution is -2.19. The fourth-order valence-corrected chi connectivity index (χ4v) is 3.23. The second-order valence-electron chi connectivity index (χ2n) is 6.51. The van der Waals surface area contributed by atoms with Crippen molar-refractivity contribution in [3.05, 3.63) is 94.0 Å². The Morgan fingerprint density at radius 1 is 1.00 bits per heavy atom. The molecule has 3 aromatic carbocycles. The van der Waals surface area contributed by atoms with Crippen molar-refractivity contribution >= 4 is 28.1 Å². The van der Waals surface area contributed by atoms with E-state index in [4.69, 9.17) is 9.47 Å². The standard InChI is InChI=1S/C24H23BrN2O3/c1-2-29-21-11-8-18(9-12-21)15-24(28)27-26-16-20-10-13-23(22(25)14-20)30-17-19-6-4-3-5-7-19/h3-14,16H,2,15,17H2,1H3,(H,27,28)/b26-16+. The summed E-state index contributed by atoms with van der Waals surface area (Å²) in [5.41, 5.74) is 5.39. The number of hydrogen-bond acceptors (Lipinski definition) is 4. The van der Waals surface area contributed by atoms with Crippen LogP contribution in [0.25, 0.3) is 0 Å². The van der Waals surface area contributed by atoms with Crippen LogP contribution in [-0.2, 0) is 17.8 Å². The first-order valence-corrected chi connectivity index (χ1v) is 10.4. The van der Waals surface area contributed by atoms with E-state index in [2.05, 4.69) is 26.5 Å². The highest BCUT2D eigenvalue weighted by molar-refractivity contribution is 9.10. The Hall–Kier alpha value is -3.12. The van der Waals surface area contributed by atoms with Crippen molar-refractivity contribution in [1.82, 2.24) is 5.43 Å². The Balaban J connectivity index is 1.49. The normalized spacial score (nSPS) is 10.7. The van der Waals surface area contributed by atoms with E-state index >= 15 is 0 Å². The van der Waals surface area contributed by atoms with Gasteiger partial charge in [0, 0.05) is 0 Å². The van der Waals surface area contributed by atoms with E-state index in [0.29, 0.717) is 13.2 Å². The minimum atomic E-state index is -0.183. The summed E-state index contributed by atoms with van der Waals surface area (Å²) in [6.07, 6.45) is 1.85. The number of ether oxygens (including phenoxy) is 2. The first-order chi connectivity index (χ1) is 14.6. The molecule has 0 aromatic heterocycles. The molecule has 1 amide bonds. The van der Waals surface area contributed by atoms with Crippen LogP contribution in [0, 0.1) is 0 Å². The topological polar surface area (TPSA) is 59.9 Å². The minimum Gasteiger partial charge on any atom is -0.494 e. The lowest BCUT2D eigenvalue weighted by molar-refractivity contribution is -0.120. The molecule has 0 saturated heterocycles. The summed E-state index contributed by atoms with van der Waals surface area (Å²) in [5, 5.41) is 4.04. The number of carbonyl (C=O) groups is 1. The maximum Gasteiger partial charge on any atom is 0.244 e. The predicted molar refractivity (Wildman–Crippen MR) is 122 cm³/mol. The van der Waals surface area contributed by atoms with E-state index in [-0.39, 0.29) is 12.3 Å². The van der Waals surface area contributed by atoms with Gasteiger partial charge in [-0.1, -0.05) is 42.5 Å². The van der Waals surface area contributed by atoms with Crippen molar-refractivity contribution in [2.45, 2.75) is 20.0 Å². The molecule has 3 aromatic rings. The average molecular weight is 467 g/mol. The fraction of sp³-hybridized carbons (Fsp3) is 0.167. The molecule has 0 spiro atoms. The van der Waals surface area contributed by atoms with Crippen LogP contribution in [0.5, 0.6) is 11.5 Å². The predicted octanol–water partition coefficient (Wildman–Crippen LogP) is 5.12. The number of rotatable bonds is 9. The van der Waals surface area contributed by atoms with Crippen LogP contribution >= 0.6 is 15.9 Å². The lowest BCUT2D eigenvalue weighted by Gasteiger charge is -2.09. The van der Waals surface area contributed by atoms with Gasteiger partial charge in [-0.3, -0.25) is 4.79 Å². The number of benzene rings is 3. The molecule has 0 unspecified atom stereocenters. The zero-order valence-corrected chi connectivity index (χ0v) is 18.3. The van der Waals surface area contributed by atoms with E-state index in [1.165, 1.54) is 0 Å². The van der Waals surface area contributed by atoms with Crippen LogP contribution in [0.1, 0.15) is 23.6 Å². The Morgan fingerprint density at radius 2 is 1.77 bits per heavy atom. The highest BCUT2D eigenvalue weighted by Crippen LogP contribution is 2.26. The van der Waals surface area contributed by atoms with Crippen LogP contribution in [0.2, 0.25) is 0 Å². The van der Waals surface area contributed by atoms with Crippen molar-refractivity contribution in [3.63, 3.8) is 0 Å². The van der Waals surface area contributed by atoms with Crippen LogP contribution in [0.3, 0.4) is 0 Å². The first kappa shape index (κ1) is 21.6. The van der Waals surface area contributed by atoms with Crippen LogP contribution in [0.4, 0.5) is 0 Å². The Labute approximate surface area is 184 Å². The number of amides is 1. The van der Waals surface area contributed by atoms with E-state index in [1.807, 2.05) is 79.7 Å². The third-order valence-electron chi connectivity index (χ3n) is 4.20. The smallest absolute Gasteiger partial charge is 0.244 e. The number of hydrogen-bond donors (Lipinski definition) is 1. The highest BCUT2D eigenvalue weighted by atomic mass is 79.9. The summed E-state index contributed by atoms with van der Waals surface area (Å²) < 4.78 is 12.1. The zero-order chi connectivity index (χ0) is 21.2. The quantitative estimate of drug-likeness (QED) is 0.351. The van der Waals surface area contributed by atoms with E-state index in [9.17, 15) is 4.79 Å². The lowest BCUT2D eigenvalue weighted by atomic mass is 10.1. The molecule has 0 saturated carbocycles. The number of carbonyl (C=O) groups excluding carboxylic acids is 1. The van der Waals surface area contributed by atoms with Crippen LogP contribution in [0.15, 0.2) is 82.4 Å². The molecule has 30 heavy (non-hydrogen) atoms. The van der Waals surface area contributed by atoms with Gasteiger partial charge in [0.15, 0.2) is 0 Å². The fourth-order valence-electron chi connectivity index (χ4n) is 2.72. The van der Waals surface area contributed by atoms with Crippen LogP contribution < -0.4 is 14.9 Å². The van der Waals surface area contributed by atoms with Crippen molar-refractivity contribution < 1.29 is 14.3 Å². The number of nitrogens with one attached hydrogen (secondary N) is 1. The molecule has 3 rings (SSSR count). The summed E-state index contributed by atoms with van der Waals surface area (Å²) >= 11 is 3.52. The summed E-state index contributed by atoms with van der Waals surface area (Å²) in [6.45, 7) is 3.04. The summed E-state index contributed by atoms with van der Waals surface area (Å²) in [4.78, 5) is 12.1. The highest BCUT2D eigenvalue weighted by Gasteiger charge is 2.04. The summed E-state index contributed by atoms with van der Waals surface area (Å²) in [7, 11) is 0. The third kappa shape index (κ3) is 6.74. The van der Waals surface area contributed by atoms with Gasteiger partial charge in [0.05, 0.1) is 23.7 Å². The van der Waals surface area contributed by atoms with Gasteiger partial charge in [0.2, 0.25) is 5.91 Å². The van der Waals surface area contributed by atoms with E-state index < -0.39 is 0 Å². The molecule has 154 valence electrons. The number of hydrazone groups is 1. The molecular weight excluding hydrogens is 444 g/mol. The molecule has 0 heterocycles. The second-order valence-corrected chi connectivity index (χ2v) is 7.37. The molecule has 0 aliphatic carbocycles. The molecule has 1 N–H and O–H groups in total. The zero-order valence-electron chi connectivity index (χ0n) is 16.7. The van der Waals surface area contributed by atoms with Gasteiger partial charge in [0.25, 0.3) is 0 Å². The minimum absolute atomic E-state index is 0.183. The molecule has 0 radical (unpaired) electrons. The Morgan fingerprint density at radius 3 is 2.47 bits per heavy atom. The Kier molecular flexibility index (Phi) is 8.03. The summed E-state index contributed by atoms with van der Waals surface area (Å²) in [6, 6.07) is 23.1. The first-order valence-electron chi connectivity index (χ1n) is 9.64. The second kappa shape index (κ2) is 11.2. The van der Waals surface area contributed by atoms with Gasteiger partial charge < -0.3 is 9.47 Å². The SMILES string of the molecule is CCOc1ccc(CC(=O)N/N=C/c2ccc(OCc3ccccc3)c(Br)c2)cc1. The van der Waals surface area contributed by atoms with Crippen molar-refractivity contribution in [2.24, 2.45) is 5.10 Å². The van der Waals surface area contributed by atoms with Crippen molar-refractivity contribution in [3.8, 4) is 11.5 Å². The maximum absolute atomic E-state index is 12.1. The van der Waals surface area contributed by atoms with Crippen LogP contribution in [-0.4, -0.2) is 18.7 Å². The van der Waals surface area contributed by atoms with Gasteiger partial charge >= 0.3 is 0 Å². The van der Waals surface area contributed by atoms with E-state index in [0.717, 1.165) is 32.7 Å². The monoisotopic (exact) mass is 466 g/mol. The molecular formula is C24H23BrN2O3. The molecule has 0 atom stereocenters. The molecule has 5 nitrogen and oxygen atoms in total. The van der Waals surface area contributed by atoms with Gasteiger partial charge in [-0.2, -0.15) is 5.10 Å². The molecule has 0 aliphatic rings. The molecule has 6 heteroatoms. The van der Waals surface area contributed by atoms with Gasteiger partial charge in [0.1, 0.15) is 18.1 Å². The average Bonchev–Trinajstić information content (AvgIpc) is 2.75. The number of nitrogens with zero attached hydrogens (tertiary/aromatic N) is 1.